The molecule has 2 rings (SSSR count). The van der Waals surface area contributed by atoms with E-state index >= 15 is 0 Å². The van der Waals surface area contributed by atoms with Gasteiger partial charge in [-0.2, -0.15) is 0 Å². The number of aromatic nitrogens is 3. The van der Waals surface area contributed by atoms with Crippen molar-refractivity contribution in [2.24, 2.45) is 0 Å². The van der Waals surface area contributed by atoms with Crippen LogP contribution in [0.15, 0.2) is 12.3 Å². The van der Waals surface area contributed by atoms with Gasteiger partial charge in [0.05, 0.1) is 17.2 Å². The molecule has 0 aliphatic heterocycles. The Labute approximate surface area is 96.3 Å². The molecule has 86 valence electrons. The Bertz CT molecular complexity index is 503. The maximum absolute atomic E-state index is 4.61. The van der Waals surface area contributed by atoms with Gasteiger partial charge in [0.1, 0.15) is 5.82 Å². The number of hydrogen-bond donors (Lipinski definition) is 1. The zero-order valence-electron chi connectivity index (χ0n) is 10.6. The SMILES string of the molecule is CC(C)c1cc2nc(C(C)(C)C)ncc2[nH]1. The second kappa shape index (κ2) is 3.58. The highest BCUT2D eigenvalue weighted by molar-refractivity contribution is 5.75. The van der Waals surface area contributed by atoms with Crippen LogP contribution in [0.4, 0.5) is 0 Å². The summed E-state index contributed by atoms with van der Waals surface area (Å²) in [6, 6.07) is 2.12. The van der Waals surface area contributed by atoms with Crippen LogP contribution in [0.3, 0.4) is 0 Å². The van der Waals surface area contributed by atoms with Gasteiger partial charge in [-0.05, 0) is 12.0 Å². The summed E-state index contributed by atoms with van der Waals surface area (Å²) in [6.45, 7) is 10.7. The van der Waals surface area contributed by atoms with Crippen LogP contribution in [0, 0.1) is 0 Å². The lowest BCUT2D eigenvalue weighted by atomic mass is 9.96. The van der Waals surface area contributed by atoms with Crippen molar-refractivity contribution in [2.45, 2.75) is 46.0 Å². The van der Waals surface area contributed by atoms with Crippen LogP contribution in [0.25, 0.3) is 11.0 Å². The molecule has 0 amide bonds. The average molecular weight is 217 g/mol. The molecule has 1 N–H and O–H groups in total. The minimum atomic E-state index is 0.00343. The van der Waals surface area contributed by atoms with E-state index in [2.05, 4.69) is 55.6 Å². The van der Waals surface area contributed by atoms with Gasteiger partial charge in [-0.15, -0.1) is 0 Å². The van der Waals surface area contributed by atoms with E-state index in [9.17, 15) is 0 Å². The van der Waals surface area contributed by atoms with Gasteiger partial charge in [0.2, 0.25) is 0 Å². The maximum atomic E-state index is 4.61. The molecule has 0 saturated carbocycles. The van der Waals surface area contributed by atoms with Gasteiger partial charge in [-0.1, -0.05) is 34.6 Å². The minimum Gasteiger partial charge on any atom is -0.356 e. The first-order valence-corrected chi connectivity index (χ1v) is 5.74. The van der Waals surface area contributed by atoms with Gasteiger partial charge in [0.15, 0.2) is 0 Å². The van der Waals surface area contributed by atoms with E-state index < -0.39 is 0 Å². The molecular formula is C13H19N3. The van der Waals surface area contributed by atoms with E-state index in [0.29, 0.717) is 5.92 Å². The van der Waals surface area contributed by atoms with Gasteiger partial charge < -0.3 is 4.98 Å². The normalized spacial score (nSPS) is 12.6. The van der Waals surface area contributed by atoms with Crippen LogP contribution in [-0.4, -0.2) is 15.0 Å². The zero-order valence-corrected chi connectivity index (χ0v) is 10.6. The Morgan fingerprint density at radius 1 is 1.25 bits per heavy atom. The molecule has 2 aromatic heterocycles. The predicted molar refractivity (Wildman–Crippen MR) is 66.7 cm³/mol. The van der Waals surface area contributed by atoms with Gasteiger partial charge in [0.25, 0.3) is 0 Å². The summed E-state index contributed by atoms with van der Waals surface area (Å²) in [6.07, 6.45) is 1.88. The first kappa shape index (κ1) is 11.1. The fourth-order valence-corrected chi connectivity index (χ4v) is 1.61. The standard InChI is InChI=1S/C13H19N3/c1-8(2)9-6-10-11(15-9)7-14-12(16-10)13(3,4)5/h6-8,15H,1-5H3. The summed E-state index contributed by atoms with van der Waals surface area (Å²) >= 11 is 0. The molecule has 0 saturated heterocycles. The second-order valence-electron chi connectivity index (χ2n) is 5.62. The van der Waals surface area contributed by atoms with Crippen molar-refractivity contribution in [3.63, 3.8) is 0 Å². The van der Waals surface area contributed by atoms with Crippen molar-refractivity contribution in [1.82, 2.24) is 15.0 Å². The fourth-order valence-electron chi connectivity index (χ4n) is 1.61. The highest BCUT2D eigenvalue weighted by atomic mass is 14.9. The van der Waals surface area contributed by atoms with Crippen molar-refractivity contribution in [1.29, 1.82) is 0 Å². The van der Waals surface area contributed by atoms with Crippen LogP contribution in [0.5, 0.6) is 0 Å². The molecule has 16 heavy (non-hydrogen) atoms. The van der Waals surface area contributed by atoms with Crippen molar-refractivity contribution >= 4 is 11.0 Å². The third-order valence-corrected chi connectivity index (χ3v) is 2.68. The summed E-state index contributed by atoms with van der Waals surface area (Å²) in [5, 5.41) is 0. The van der Waals surface area contributed by atoms with Gasteiger partial charge >= 0.3 is 0 Å². The number of rotatable bonds is 1. The summed E-state index contributed by atoms with van der Waals surface area (Å²) in [5.41, 5.74) is 3.26. The molecule has 3 nitrogen and oxygen atoms in total. The molecule has 0 unspecified atom stereocenters. The van der Waals surface area contributed by atoms with Gasteiger partial charge in [-0.3, -0.25) is 0 Å². The fraction of sp³-hybridized carbons (Fsp3) is 0.538. The molecule has 2 heterocycles. The molecule has 3 heteroatoms. The Hall–Kier alpha value is -1.38. The molecule has 0 spiro atoms. The lowest BCUT2D eigenvalue weighted by Gasteiger charge is -2.15. The van der Waals surface area contributed by atoms with E-state index in [1.165, 1.54) is 5.69 Å². The smallest absolute Gasteiger partial charge is 0.134 e. The van der Waals surface area contributed by atoms with Crippen LogP contribution in [0.2, 0.25) is 0 Å². The summed E-state index contributed by atoms with van der Waals surface area (Å²) in [7, 11) is 0. The number of H-pyrrole nitrogens is 1. The molecular weight excluding hydrogens is 198 g/mol. The molecule has 0 bridgehead atoms. The largest absolute Gasteiger partial charge is 0.356 e. The molecule has 0 atom stereocenters. The number of hydrogen-bond acceptors (Lipinski definition) is 2. The first-order chi connectivity index (χ1) is 7.38. The molecule has 0 fully saturated rings. The number of aromatic amines is 1. The molecule has 0 aromatic carbocycles. The van der Waals surface area contributed by atoms with E-state index in [4.69, 9.17) is 0 Å². The number of nitrogens with zero attached hydrogens (tertiary/aromatic N) is 2. The van der Waals surface area contributed by atoms with E-state index in [-0.39, 0.29) is 5.41 Å². The summed E-state index contributed by atoms with van der Waals surface area (Å²) in [4.78, 5) is 12.4. The van der Waals surface area contributed by atoms with E-state index in [1.807, 2.05) is 6.20 Å². The van der Waals surface area contributed by atoms with E-state index in [1.54, 1.807) is 0 Å². The second-order valence-corrected chi connectivity index (χ2v) is 5.62. The molecule has 0 radical (unpaired) electrons. The lowest BCUT2D eigenvalue weighted by molar-refractivity contribution is 0.548. The lowest BCUT2D eigenvalue weighted by Crippen LogP contribution is -2.15. The number of fused-ring (bicyclic) bond motifs is 1. The monoisotopic (exact) mass is 217 g/mol. The van der Waals surface area contributed by atoms with E-state index in [0.717, 1.165) is 16.9 Å². The van der Waals surface area contributed by atoms with Crippen molar-refractivity contribution in [2.75, 3.05) is 0 Å². The number of nitrogens with one attached hydrogen (secondary N) is 1. The minimum absolute atomic E-state index is 0.00343. The first-order valence-electron chi connectivity index (χ1n) is 5.74. The quantitative estimate of drug-likeness (QED) is 0.795. The third-order valence-electron chi connectivity index (χ3n) is 2.68. The zero-order chi connectivity index (χ0) is 11.9. The van der Waals surface area contributed by atoms with Gasteiger partial charge in [0, 0.05) is 11.1 Å². The predicted octanol–water partition coefficient (Wildman–Crippen LogP) is 3.38. The topological polar surface area (TPSA) is 41.6 Å². The molecule has 2 aromatic rings. The summed E-state index contributed by atoms with van der Waals surface area (Å²) < 4.78 is 0. The Kier molecular flexibility index (Phi) is 2.49. The van der Waals surface area contributed by atoms with Crippen LogP contribution in [0.1, 0.15) is 52.1 Å². The maximum Gasteiger partial charge on any atom is 0.134 e. The average Bonchev–Trinajstić information content (AvgIpc) is 2.58. The molecule has 0 aliphatic rings. The Morgan fingerprint density at radius 2 is 1.94 bits per heavy atom. The molecule has 0 aliphatic carbocycles. The van der Waals surface area contributed by atoms with Crippen molar-refractivity contribution < 1.29 is 0 Å². The van der Waals surface area contributed by atoms with Crippen molar-refractivity contribution in [3.8, 4) is 0 Å². The Balaban J connectivity index is 2.54. The Morgan fingerprint density at radius 3 is 2.50 bits per heavy atom. The summed E-state index contributed by atoms with van der Waals surface area (Å²) in [5.74, 6) is 1.39. The highest BCUT2D eigenvalue weighted by Gasteiger charge is 2.18. The van der Waals surface area contributed by atoms with Crippen molar-refractivity contribution in [3.05, 3.63) is 23.8 Å². The van der Waals surface area contributed by atoms with Gasteiger partial charge in [-0.25, -0.2) is 9.97 Å². The third kappa shape index (κ3) is 1.94. The van der Waals surface area contributed by atoms with Crippen LogP contribution in [-0.2, 0) is 5.41 Å². The van der Waals surface area contributed by atoms with Crippen LogP contribution < -0.4 is 0 Å². The highest BCUT2D eigenvalue weighted by Crippen LogP contribution is 2.23. The van der Waals surface area contributed by atoms with Crippen LogP contribution >= 0.6 is 0 Å².